The summed E-state index contributed by atoms with van der Waals surface area (Å²) in [7, 11) is 0. The van der Waals surface area contributed by atoms with Gasteiger partial charge in [-0.3, -0.25) is 4.79 Å². The fourth-order valence-electron chi connectivity index (χ4n) is 2.14. The zero-order chi connectivity index (χ0) is 11.7. The highest BCUT2D eigenvalue weighted by atomic mass is 16.2. The molecule has 17 heavy (non-hydrogen) atoms. The van der Waals surface area contributed by atoms with Crippen molar-refractivity contribution in [3.8, 4) is 0 Å². The Hall–Kier alpha value is -2.03. The summed E-state index contributed by atoms with van der Waals surface area (Å²) in [6, 6.07) is 14.2. The Morgan fingerprint density at radius 1 is 1.18 bits per heavy atom. The number of carbonyl (C=O) groups is 1. The molecule has 2 unspecified atom stereocenters. The molecule has 86 valence electrons. The summed E-state index contributed by atoms with van der Waals surface area (Å²) in [6.07, 6.45) is 2.80. The quantitative estimate of drug-likeness (QED) is 0.828. The van der Waals surface area contributed by atoms with Gasteiger partial charge in [0.15, 0.2) is 0 Å². The van der Waals surface area contributed by atoms with Crippen molar-refractivity contribution >= 4 is 5.91 Å². The molecule has 2 N–H and O–H groups in total. The lowest BCUT2D eigenvalue weighted by Crippen LogP contribution is -2.26. The lowest BCUT2D eigenvalue weighted by atomic mass is 10.1. The third-order valence-electron chi connectivity index (χ3n) is 3.18. The molecule has 0 aliphatic heterocycles. The predicted octanol–water partition coefficient (Wildman–Crippen LogP) is 2.30. The number of carbonyl (C=O) groups excluding carboxylic acids is 1. The fraction of sp³-hybridized carbons (Fsp3) is 0.214. The van der Waals surface area contributed by atoms with E-state index < -0.39 is 0 Å². The van der Waals surface area contributed by atoms with Gasteiger partial charge < -0.3 is 10.3 Å². The van der Waals surface area contributed by atoms with E-state index in [9.17, 15) is 4.79 Å². The van der Waals surface area contributed by atoms with Crippen LogP contribution in [0.2, 0.25) is 0 Å². The van der Waals surface area contributed by atoms with Crippen LogP contribution in [0.3, 0.4) is 0 Å². The van der Waals surface area contributed by atoms with E-state index in [2.05, 4.69) is 22.4 Å². The summed E-state index contributed by atoms with van der Waals surface area (Å²) in [5.41, 5.74) is 1.94. The molecular weight excluding hydrogens is 212 g/mol. The molecule has 1 heterocycles. The van der Waals surface area contributed by atoms with E-state index in [4.69, 9.17) is 0 Å². The Morgan fingerprint density at radius 3 is 2.71 bits per heavy atom. The lowest BCUT2D eigenvalue weighted by molar-refractivity contribution is 0.0946. The number of hydrogen-bond acceptors (Lipinski definition) is 1. The van der Waals surface area contributed by atoms with Crippen LogP contribution in [0.15, 0.2) is 48.7 Å². The first-order valence-electron chi connectivity index (χ1n) is 5.84. The van der Waals surface area contributed by atoms with Crippen LogP contribution in [-0.4, -0.2) is 16.9 Å². The van der Waals surface area contributed by atoms with Crippen LogP contribution in [0.4, 0.5) is 0 Å². The average molecular weight is 226 g/mol. The van der Waals surface area contributed by atoms with Crippen molar-refractivity contribution in [2.24, 2.45) is 0 Å². The van der Waals surface area contributed by atoms with E-state index in [0.717, 1.165) is 6.42 Å². The van der Waals surface area contributed by atoms with E-state index in [-0.39, 0.29) is 11.9 Å². The largest absolute Gasteiger partial charge is 0.357 e. The van der Waals surface area contributed by atoms with Crippen LogP contribution >= 0.6 is 0 Å². The van der Waals surface area contributed by atoms with Crippen molar-refractivity contribution in [1.29, 1.82) is 0 Å². The standard InChI is InChI=1S/C14H14N2O/c17-14(12-7-4-8-15-12)16-13-9-11(13)10-5-2-1-3-6-10/h1-8,11,13,15H,9H2,(H,16,17). The van der Waals surface area contributed by atoms with Gasteiger partial charge in [0.05, 0.1) is 0 Å². The molecule has 2 aromatic rings. The number of aromatic nitrogens is 1. The van der Waals surface area contributed by atoms with E-state index in [1.165, 1.54) is 5.56 Å². The summed E-state index contributed by atoms with van der Waals surface area (Å²) < 4.78 is 0. The monoisotopic (exact) mass is 226 g/mol. The first-order chi connectivity index (χ1) is 8.34. The Morgan fingerprint density at radius 2 is 2.00 bits per heavy atom. The average Bonchev–Trinajstić information content (AvgIpc) is 2.92. The smallest absolute Gasteiger partial charge is 0.267 e. The highest BCUT2D eigenvalue weighted by Crippen LogP contribution is 2.40. The Labute approximate surface area is 99.9 Å². The number of H-pyrrole nitrogens is 1. The molecule has 1 aliphatic rings. The van der Waals surface area contributed by atoms with Gasteiger partial charge in [-0.25, -0.2) is 0 Å². The van der Waals surface area contributed by atoms with Crippen LogP contribution in [0.25, 0.3) is 0 Å². The molecule has 3 rings (SSSR count). The summed E-state index contributed by atoms with van der Waals surface area (Å²) in [4.78, 5) is 14.7. The normalized spacial score (nSPS) is 22.1. The summed E-state index contributed by atoms with van der Waals surface area (Å²) in [5, 5.41) is 3.03. The number of amides is 1. The summed E-state index contributed by atoms with van der Waals surface area (Å²) >= 11 is 0. The number of benzene rings is 1. The molecule has 1 aromatic heterocycles. The van der Waals surface area contributed by atoms with Gasteiger partial charge in [0, 0.05) is 18.2 Å². The number of aromatic amines is 1. The van der Waals surface area contributed by atoms with Crippen molar-refractivity contribution in [2.75, 3.05) is 0 Å². The minimum absolute atomic E-state index is 0.0153. The van der Waals surface area contributed by atoms with Crippen molar-refractivity contribution in [1.82, 2.24) is 10.3 Å². The molecule has 2 atom stereocenters. The van der Waals surface area contributed by atoms with Gasteiger partial charge in [0.1, 0.15) is 5.69 Å². The summed E-state index contributed by atoms with van der Waals surface area (Å²) in [6.45, 7) is 0. The molecule has 3 nitrogen and oxygen atoms in total. The molecule has 1 aromatic carbocycles. The highest BCUT2D eigenvalue weighted by Gasteiger charge is 2.39. The zero-order valence-corrected chi connectivity index (χ0v) is 9.39. The van der Waals surface area contributed by atoms with Gasteiger partial charge in [-0.1, -0.05) is 30.3 Å². The minimum atomic E-state index is -0.0153. The van der Waals surface area contributed by atoms with Crippen LogP contribution in [0.1, 0.15) is 28.4 Å². The second-order valence-corrected chi connectivity index (χ2v) is 4.42. The Balaban J connectivity index is 1.61. The molecule has 0 bridgehead atoms. The molecule has 1 saturated carbocycles. The Kier molecular flexibility index (Phi) is 2.44. The zero-order valence-electron chi connectivity index (χ0n) is 9.39. The van der Waals surface area contributed by atoms with Crippen LogP contribution in [0.5, 0.6) is 0 Å². The van der Waals surface area contributed by atoms with Gasteiger partial charge >= 0.3 is 0 Å². The van der Waals surface area contributed by atoms with Crippen molar-refractivity contribution in [3.05, 3.63) is 59.9 Å². The Bertz CT molecular complexity index is 504. The predicted molar refractivity (Wildman–Crippen MR) is 65.8 cm³/mol. The van der Waals surface area contributed by atoms with Gasteiger partial charge in [-0.15, -0.1) is 0 Å². The third-order valence-corrected chi connectivity index (χ3v) is 3.18. The summed E-state index contributed by atoms with van der Waals surface area (Å²) in [5.74, 6) is 0.466. The SMILES string of the molecule is O=C(NC1CC1c1ccccc1)c1ccc[nH]1. The molecule has 1 aliphatic carbocycles. The van der Waals surface area contributed by atoms with E-state index >= 15 is 0 Å². The molecule has 0 saturated heterocycles. The van der Waals surface area contributed by atoms with Crippen LogP contribution < -0.4 is 5.32 Å². The molecule has 3 heteroatoms. The lowest BCUT2D eigenvalue weighted by Gasteiger charge is -2.03. The highest BCUT2D eigenvalue weighted by molar-refractivity contribution is 5.92. The molecular formula is C14H14N2O. The fourth-order valence-corrected chi connectivity index (χ4v) is 2.14. The number of nitrogens with one attached hydrogen (secondary N) is 2. The second-order valence-electron chi connectivity index (χ2n) is 4.42. The maximum atomic E-state index is 11.8. The molecule has 0 spiro atoms. The van der Waals surface area contributed by atoms with Crippen LogP contribution in [0, 0.1) is 0 Å². The van der Waals surface area contributed by atoms with Gasteiger partial charge in [-0.05, 0) is 24.1 Å². The first-order valence-corrected chi connectivity index (χ1v) is 5.84. The van der Waals surface area contributed by atoms with Crippen molar-refractivity contribution < 1.29 is 4.79 Å². The number of hydrogen-bond donors (Lipinski definition) is 2. The maximum absolute atomic E-state index is 11.8. The van der Waals surface area contributed by atoms with E-state index in [0.29, 0.717) is 11.6 Å². The molecule has 1 amide bonds. The maximum Gasteiger partial charge on any atom is 0.267 e. The molecule has 0 radical (unpaired) electrons. The van der Waals surface area contributed by atoms with Gasteiger partial charge in [0.2, 0.25) is 0 Å². The number of rotatable bonds is 3. The van der Waals surface area contributed by atoms with Crippen molar-refractivity contribution in [3.63, 3.8) is 0 Å². The van der Waals surface area contributed by atoms with E-state index in [1.807, 2.05) is 24.3 Å². The van der Waals surface area contributed by atoms with Gasteiger partial charge in [0.25, 0.3) is 5.91 Å². The minimum Gasteiger partial charge on any atom is -0.357 e. The van der Waals surface area contributed by atoms with Gasteiger partial charge in [-0.2, -0.15) is 0 Å². The van der Waals surface area contributed by atoms with Crippen molar-refractivity contribution in [2.45, 2.75) is 18.4 Å². The first kappa shape index (κ1) is 10.1. The van der Waals surface area contributed by atoms with E-state index in [1.54, 1.807) is 12.3 Å². The third kappa shape index (κ3) is 2.09. The molecule has 1 fully saturated rings. The van der Waals surface area contributed by atoms with Crippen LogP contribution in [-0.2, 0) is 0 Å². The topological polar surface area (TPSA) is 44.9 Å². The second kappa shape index (κ2) is 4.09.